The van der Waals surface area contributed by atoms with Crippen molar-refractivity contribution in [3.05, 3.63) is 65.2 Å². The molecule has 1 atom stereocenters. The summed E-state index contributed by atoms with van der Waals surface area (Å²) in [7, 11) is 0. The molecular weight excluding hydrogens is 302 g/mol. The Morgan fingerprint density at radius 2 is 1.65 bits per heavy atom. The van der Waals surface area contributed by atoms with Crippen molar-refractivity contribution in [3.8, 4) is 0 Å². The largest absolute Gasteiger partial charge is 0.346 e. The van der Waals surface area contributed by atoms with Gasteiger partial charge in [0.05, 0.1) is 6.04 Å². The third kappa shape index (κ3) is 4.35. The zero-order valence-electron chi connectivity index (χ0n) is 12.7. The Kier molecular flexibility index (Phi) is 5.05. The summed E-state index contributed by atoms with van der Waals surface area (Å²) >= 11 is 0. The van der Waals surface area contributed by atoms with Crippen LogP contribution in [0.5, 0.6) is 0 Å². The Morgan fingerprint density at radius 1 is 1.00 bits per heavy atom. The highest BCUT2D eigenvalue weighted by Crippen LogP contribution is 2.17. The molecule has 6 heteroatoms. The van der Waals surface area contributed by atoms with Crippen molar-refractivity contribution in [1.82, 2.24) is 5.32 Å². The summed E-state index contributed by atoms with van der Waals surface area (Å²) in [5.41, 5.74) is 1.45. The van der Waals surface area contributed by atoms with Gasteiger partial charge in [-0.05, 0) is 48.9 Å². The molecule has 0 aliphatic carbocycles. The van der Waals surface area contributed by atoms with Gasteiger partial charge in [-0.3, -0.25) is 9.59 Å². The Balaban J connectivity index is 2.05. The summed E-state index contributed by atoms with van der Waals surface area (Å²) < 4.78 is 26.2. The minimum absolute atomic E-state index is 0.200. The normalized spacial score (nSPS) is 11.7. The van der Waals surface area contributed by atoms with Gasteiger partial charge in [0.2, 0.25) is 5.91 Å². The first-order valence-corrected chi connectivity index (χ1v) is 7.00. The summed E-state index contributed by atoms with van der Waals surface area (Å²) in [6, 6.07) is 9.38. The van der Waals surface area contributed by atoms with Crippen molar-refractivity contribution in [2.45, 2.75) is 19.9 Å². The topological polar surface area (TPSA) is 58.2 Å². The van der Waals surface area contributed by atoms with Crippen molar-refractivity contribution in [2.24, 2.45) is 0 Å². The van der Waals surface area contributed by atoms with Crippen LogP contribution in [0.1, 0.15) is 35.8 Å². The summed E-state index contributed by atoms with van der Waals surface area (Å²) in [5, 5.41) is 5.31. The van der Waals surface area contributed by atoms with E-state index in [4.69, 9.17) is 0 Å². The quantitative estimate of drug-likeness (QED) is 0.907. The molecule has 0 heterocycles. The summed E-state index contributed by atoms with van der Waals surface area (Å²) in [6.45, 7) is 3.07. The highest BCUT2D eigenvalue weighted by Gasteiger charge is 2.13. The summed E-state index contributed by atoms with van der Waals surface area (Å²) in [4.78, 5) is 23.1. The molecule has 0 fully saturated rings. The van der Waals surface area contributed by atoms with Crippen LogP contribution in [0.15, 0.2) is 42.5 Å². The number of rotatable bonds is 4. The Bertz CT molecular complexity index is 730. The first-order valence-electron chi connectivity index (χ1n) is 7.00. The lowest BCUT2D eigenvalue weighted by Crippen LogP contribution is -2.26. The predicted octanol–water partition coefficient (Wildman–Crippen LogP) is 3.41. The van der Waals surface area contributed by atoms with Gasteiger partial charge in [-0.2, -0.15) is 0 Å². The van der Waals surface area contributed by atoms with Crippen molar-refractivity contribution in [3.63, 3.8) is 0 Å². The molecule has 120 valence electrons. The number of nitrogens with one attached hydrogen (secondary N) is 2. The standard InChI is InChI=1S/C17H16F2N2O2/c1-10(13-5-8-15(18)16(19)9-13)20-17(23)12-3-6-14(7-4-12)21-11(2)22/h3-10H,1-2H3,(H,20,23)(H,21,22)/t10-/m0/s1. The second kappa shape index (κ2) is 7.00. The number of hydrogen-bond donors (Lipinski definition) is 2. The summed E-state index contributed by atoms with van der Waals surface area (Å²) in [5.74, 6) is -2.44. The number of carbonyl (C=O) groups excluding carboxylic acids is 2. The molecule has 2 aromatic carbocycles. The molecule has 2 amide bonds. The number of amides is 2. The number of benzene rings is 2. The van der Waals surface area contributed by atoms with E-state index in [1.54, 1.807) is 31.2 Å². The van der Waals surface area contributed by atoms with Gasteiger partial charge < -0.3 is 10.6 Å². The van der Waals surface area contributed by atoms with E-state index in [9.17, 15) is 18.4 Å². The van der Waals surface area contributed by atoms with Crippen LogP contribution in [0, 0.1) is 11.6 Å². The van der Waals surface area contributed by atoms with Crippen molar-refractivity contribution in [1.29, 1.82) is 0 Å². The molecule has 4 nitrogen and oxygen atoms in total. The van der Waals surface area contributed by atoms with Crippen LogP contribution in [0.4, 0.5) is 14.5 Å². The van der Waals surface area contributed by atoms with Gasteiger partial charge >= 0.3 is 0 Å². The minimum Gasteiger partial charge on any atom is -0.346 e. The predicted molar refractivity (Wildman–Crippen MR) is 83.0 cm³/mol. The molecule has 0 unspecified atom stereocenters. The molecule has 0 bridgehead atoms. The molecule has 2 rings (SSSR count). The monoisotopic (exact) mass is 318 g/mol. The van der Waals surface area contributed by atoms with E-state index in [0.29, 0.717) is 16.8 Å². The number of carbonyl (C=O) groups is 2. The summed E-state index contributed by atoms with van der Waals surface area (Å²) in [6.07, 6.45) is 0. The van der Waals surface area contributed by atoms with Gasteiger partial charge in [0.15, 0.2) is 11.6 Å². The van der Waals surface area contributed by atoms with Crippen LogP contribution in [-0.4, -0.2) is 11.8 Å². The molecule has 0 saturated carbocycles. The van der Waals surface area contributed by atoms with E-state index in [-0.39, 0.29) is 11.8 Å². The van der Waals surface area contributed by atoms with Crippen molar-refractivity contribution < 1.29 is 18.4 Å². The first kappa shape index (κ1) is 16.6. The highest BCUT2D eigenvalue weighted by atomic mass is 19.2. The van der Waals surface area contributed by atoms with Crippen LogP contribution in [0.2, 0.25) is 0 Å². The maximum atomic E-state index is 13.2. The maximum absolute atomic E-state index is 13.2. The Hall–Kier alpha value is -2.76. The molecular formula is C17H16F2N2O2. The fraction of sp³-hybridized carbons (Fsp3) is 0.176. The third-order valence-electron chi connectivity index (χ3n) is 3.26. The average Bonchev–Trinajstić information content (AvgIpc) is 2.50. The lowest BCUT2D eigenvalue weighted by atomic mass is 10.1. The van der Waals surface area contributed by atoms with Crippen LogP contribution in [0.3, 0.4) is 0 Å². The fourth-order valence-corrected chi connectivity index (χ4v) is 2.05. The van der Waals surface area contributed by atoms with Crippen LogP contribution in [0.25, 0.3) is 0 Å². The van der Waals surface area contributed by atoms with Gasteiger partial charge in [-0.15, -0.1) is 0 Å². The zero-order chi connectivity index (χ0) is 17.0. The average molecular weight is 318 g/mol. The van der Waals surface area contributed by atoms with Crippen LogP contribution < -0.4 is 10.6 Å². The van der Waals surface area contributed by atoms with Gasteiger partial charge in [0.25, 0.3) is 5.91 Å². The van der Waals surface area contributed by atoms with Crippen LogP contribution >= 0.6 is 0 Å². The number of halogens is 2. The van der Waals surface area contributed by atoms with E-state index in [0.717, 1.165) is 12.1 Å². The molecule has 0 aliphatic heterocycles. The molecule has 0 aromatic heterocycles. The van der Waals surface area contributed by atoms with Crippen LogP contribution in [-0.2, 0) is 4.79 Å². The van der Waals surface area contributed by atoms with E-state index in [2.05, 4.69) is 10.6 Å². The van der Waals surface area contributed by atoms with Gasteiger partial charge in [0.1, 0.15) is 0 Å². The van der Waals surface area contributed by atoms with Crippen molar-refractivity contribution in [2.75, 3.05) is 5.32 Å². The SMILES string of the molecule is CC(=O)Nc1ccc(C(=O)N[C@@H](C)c2ccc(F)c(F)c2)cc1. The first-order chi connectivity index (χ1) is 10.9. The zero-order valence-corrected chi connectivity index (χ0v) is 12.7. The van der Waals surface area contributed by atoms with E-state index < -0.39 is 17.7 Å². The molecule has 2 N–H and O–H groups in total. The van der Waals surface area contributed by atoms with Crippen molar-refractivity contribution >= 4 is 17.5 Å². The van der Waals surface area contributed by atoms with E-state index >= 15 is 0 Å². The second-order valence-electron chi connectivity index (χ2n) is 5.13. The molecule has 0 saturated heterocycles. The van der Waals surface area contributed by atoms with Gasteiger partial charge in [-0.1, -0.05) is 6.07 Å². The molecule has 0 radical (unpaired) electrons. The number of anilines is 1. The lowest BCUT2D eigenvalue weighted by molar-refractivity contribution is -0.114. The van der Waals surface area contributed by atoms with E-state index in [1.807, 2.05) is 0 Å². The molecule has 2 aromatic rings. The fourth-order valence-electron chi connectivity index (χ4n) is 2.05. The molecule has 0 aliphatic rings. The highest BCUT2D eigenvalue weighted by molar-refractivity contribution is 5.95. The molecule has 23 heavy (non-hydrogen) atoms. The lowest BCUT2D eigenvalue weighted by Gasteiger charge is -2.15. The second-order valence-corrected chi connectivity index (χ2v) is 5.13. The van der Waals surface area contributed by atoms with Gasteiger partial charge in [0, 0.05) is 18.2 Å². The maximum Gasteiger partial charge on any atom is 0.251 e. The molecule has 0 spiro atoms. The van der Waals surface area contributed by atoms with E-state index in [1.165, 1.54) is 13.0 Å². The minimum atomic E-state index is -0.955. The smallest absolute Gasteiger partial charge is 0.251 e. The third-order valence-corrected chi connectivity index (χ3v) is 3.26. The Morgan fingerprint density at radius 3 is 2.22 bits per heavy atom. The Labute approximate surface area is 132 Å². The van der Waals surface area contributed by atoms with Gasteiger partial charge in [-0.25, -0.2) is 8.78 Å². The number of hydrogen-bond acceptors (Lipinski definition) is 2.